The van der Waals surface area contributed by atoms with Crippen LogP contribution in [0.25, 0.3) is 0 Å². The smallest absolute Gasteiger partial charge is 0.314 e. The molecule has 5 nitrogen and oxygen atoms in total. The van der Waals surface area contributed by atoms with Crippen LogP contribution < -0.4 is 15.4 Å². The fraction of sp³-hybridized carbons (Fsp3) is 0.500. The third-order valence-corrected chi connectivity index (χ3v) is 2.67. The second-order valence-electron chi connectivity index (χ2n) is 4.13. The number of hydrogen-bond donors (Lipinski definition) is 2. The summed E-state index contributed by atoms with van der Waals surface area (Å²) in [5.74, 6) is 0.840. The van der Waals surface area contributed by atoms with Crippen LogP contribution in [0.2, 0.25) is 0 Å². The Balaban J connectivity index is 2.13. The minimum absolute atomic E-state index is 0.135. The number of carbonyl (C=O) groups excluding carboxylic acids is 1. The van der Waals surface area contributed by atoms with E-state index in [4.69, 9.17) is 9.47 Å². The molecule has 19 heavy (non-hydrogen) atoms. The summed E-state index contributed by atoms with van der Waals surface area (Å²) in [5, 5.41) is 5.59. The highest BCUT2D eigenvalue weighted by molar-refractivity contribution is 5.73. The lowest BCUT2D eigenvalue weighted by Gasteiger charge is -2.07. The first-order valence-electron chi connectivity index (χ1n) is 6.40. The zero-order chi connectivity index (χ0) is 13.9. The summed E-state index contributed by atoms with van der Waals surface area (Å²) >= 11 is 0. The molecule has 0 aliphatic carbocycles. The van der Waals surface area contributed by atoms with Gasteiger partial charge in [-0.2, -0.15) is 0 Å². The summed E-state index contributed by atoms with van der Waals surface area (Å²) in [5.41, 5.74) is 1.17. The van der Waals surface area contributed by atoms with E-state index in [0.29, 0.717) is 19.7 Å². The molecular weight excluding hydrogens is 244 g/mol. The zero-order valence-electron chi connectivity index (χ0n) is 11.6. The Bertz CT molecular complexity index is 365. The Morgan fingerprint density at radius 2 is 1.79 bits per heavy atom. The summed E-state index contributed by atoms with van der Waals surface area (Å²) in [6, 6.07) is 7.69. The molecule has 0 atom stereocenters. The summed E-state index contributed by atoms with van der Waals surface area (Å²) in [4.78, 5) is 11.4. The Kier molecular flexibility index (Phi) is 7.43. The van der Waals surface area contributed by atoms with Gasteiger partial charge in [-0.15, -0.1) is 0 Å². The topological polar surface area (TPSA) is 59.6 Å². The monoisotopic (exact) mass is 266 g/mol. The number of amides is 2. The average Bonchev–Trinajstić information content (AvgIpc) is 2.44. The first-order chi connectivity index (χ1) is 9.26. The number of carbonyl (C=O) groups is 1. The maximum atomic E-state index is 11.4. The van der Waals surface area contributed by atoms with Crippen LogP contribution in [-0.4, -0.2) is 39.9 Å². The molecule has 0 bridgehead atoms. The third-order valence-electron chi connectivity index (χ3n) is 2.67. The van der Waals surface area contributed by atoms with E-state index in [2.05, 4.69) is 10.6 Å². The van der Waals surface area contributed by atoms with Gasteiger partial charge in [0, 0.05) is 26.8 Å². The molecule has 0 unspecified atom stereocenters. The maximum Gasteiger partial charge on any atom is 0.314 e. The van der Waals surface area contributed by atoms with Gasteiger partial charge in [-0.3, -0.25) is 0 Å². The highest BCUT2D eigenvalue weighted by Gasteiger charge is 1.99. The number of benzene rings is 1. The lowest BCUT2D eigenvalue weighted by Crippen LogP contribution is -2.37. The molecule has 0 fully saturated rings. The van der Waals surface area contributed by atoms with Crippen molar-refractivity contribution in [1.29, 1.82) is 0 Å². The first-order valence-corrected chi connectivity index (χ1v) is 6.40. The molecule has 106 valence electrons. The maximum absolute atomic E-state index is 11.4. The predicted octanol–water partition coefficient (Wildman–Crippen LogP) is 1.57. The van der Waals surface area contributed by atoms with Gasteiger partial charge in [0.2, 0.25) is 0 Å². The summed E-state index contributed by atoms with van der Waals surface area (Å²) < 4.78 is 9.99. The lowest BCUT2D eigenvalue weighted by atomic mass is 10.1. The van der Waals surface area contributed by atoms with Crippen molar-refractivity contribution in [3.63, 3.8) is 0 Å². The van der Waals surface area contributed by atoms with Gasteiger partial charge >= 0.3 is 6.03 Å². The summed E-state index contributed by atoms with van der Waals surface area (Å²) in [6.07, 6.45) is 1.62. The number of methoxy groups -OCH3 is 2. The molecule has 0 aliphatic heterocycles. The quantitative estimate of drug-likeness (QED) is 0.702. The fourth-order valence-corrected chi connectivity index (χ4v) is 1.59. The molecule has 0 saturated heterocycles. The molecule has 0 radical (unpaired) electrons. The average molecular weight is 266 g/mol. The second-order valence-corrected chi connectivity index (χ2v) is 4.13. The van der Waals surface area contributed by atoms with E-state index < -0.39 is 0 Å². The Morgan fingerprint density at radius 3 is 2.42 bits per heavy atom. The van der Waals surface area contributed by atoms with Crippen molar-refractivity contribution in [1.82, 2.24) is 10.6 Å². The van der Waals surface area contributed by atoms with E-state index in [9.17, 15) is 4.79 Å². The molecule has 1 rings (SSSR count). The Hall–Kier alpha value is -1.75. The van der Waals surface area contributed by atoms with Crippen molar-refractivity contribution >= 4 is 6.03 Å². The van der Waals surface area contributed by atoms with Gasteiger partial charge < -0.3 is 20.1 Å². The van der Waals surface area contributed by atoms with E-state index in [1.165, 1.54) is 5.56 Å². The molecule has 0 saturated carbocycles. The van der Waals surface area contributed by atoms with Crippen LogP contribution in [0.15, 0.2) is 24.3 Å². The van der Waals surface area contributed by atoms with Crippen LogP contribution in [0.1, 0.15) is 12.0 Å². The van der Waals surface area contributed by atoms with E-state index in [0.717, 1.165) is 18.6 Å². The summed E-state index contributed by atoms with van der Waals surface area (Å²) in [6.45, 7) is 1.90. The molecular formula is C14H22N2O3. The van der Waals surface area contributed by atoms with Gasteiger partial charge in [0.05, 0.1) is 7.11 Å². The van der Waals surface area contributed by atoms with Gasteiger partial charge in [-0.25, -0.2) is 4.79 Å². The molecule has 0 spiro atoms. The van der Waals surface area contributed by atoms with Gasteiger partial charge in [0.15, 0.2) is 0 Å². The Morgan fingerprint density at radius 1 is 1.11 bits per heavy atom. The molecule has 2 amide bonds. The Labute approximate surface area is 114 Å². The van der Waals surface area contributed by atoms with E-state index in [1.54, 1.807) is 14.2 Å². The van der Waals surface area contributed by atoms with Crippen LogP contribution in [0.4, 0.5) is 4.79 Å². The molecule has 0 heterocycles. The number of rotatable bonds is 8. The zero-order valence-corrected chi connectivity index (χ0v) is 11.6. The molecule has 5 heteroatoms. The van der Waals surface area contributed by atoms with Gasteiger partial charge in [0.1, 0.15) is 5.75 Å². The standard InChI is InChI=1S/C14H22N2O3/c1-18-11-3-9-15-14(17)16-10-8-12-4-6-13(19-2)7-5-12/h4-7H,3,8-11H2,1-2H3,(H2,15,16,17). The number of ether oxygens (including phenoxy) is 2. The van der Waals surface area contributed by atoms with Crippen molar-refractivity contribution in [2.45, 2.75) is 12.8 Å². The molecule has 1 aromatic rings. The van der Waals surface area contributed by atoms with Crippen LogP contribution in [-0.2, 0) is 11.2 Å². The lowest BCUT2D eigenvalue weighted by molar-refractivity contribution is 0.193. The largest absolute Gasteiger partial charge is 0.497 e. The number of hydrogen-bond acceptors (Lipinski definition) is 3. The van der Waals surface area contributed by atoms with Crippen molar-refractivity contribution in [2.24, 2.45) is 0 Å². The third kappa shape index (κ3) is 6.67. The number of urea groups is 1. The van der Waals surface area contributed by atoms with Gasteiger partial charge in [-0.05, 0) is 30.5 Å². The highest BCUT2D eigenvalue weighted by atomic mass is 16.5. The van der Waals surface area contributed by atoms with Crippen molar-refractivity contribution < 1.29 is 14.3 Å². The molecule has 0 aromatic heterocycles. The minimum atomic E-state index is -0.135. The van der Waals surface area contributed by atoms with Crippen LogP contribution in [0.5, 0.6) is 5.75 Å². The van der Waals surface area contributed by atoms with E-state index in [-0.39, 0.29) is 6.03 Å². The van der Waals surface area contributed by atoms with Gasteiger partial charge in [-0.1, -0.05) is 12.1 Å². The van der Waals surface area contributed by atoms with Gasteiger partial charge in [0.25, 0.3) is 0 Å². The summed E-state index contributed by atoms with van der Waals surface area (Å²) in [7, 11) is 3.29. The number of nitrogens with one attached hydrogen (secondary N) is 2. The van der Waals surface area contributed by atoms with Crippen molar-refractivity contribution in [3.8, 4) is 5.75 Å². The van der Waals surface area contributed by atoms with E-state index in [1.807, 2.05) is 24.3 Å². The highest BCUT2D eigenvalue weighted by Crippen LogP contribution is 2.11. The SMILES string of the molecule is COCCCNC(=O)NCCc1ccc(OC)cc1. The van der Waals surface area contributed by atoms with Crippen LogP contribution in [0, 0.1) is 0 Å². The van der Waals surface area contributed by atoms with E-state index >= 15 is 0 Å². The van der Waals surface area contributed by atoms with Crippen molar-refractivity contribution in [2.75, 3.05) is 33.9 Å². The molecule has 2 N–H and O–H groups in total. The van der Waals surface area contributed by atoms with Crippen molar-refractivity contribution in [3.05, 3.63) is 29.8 Å². The minimum Gasteiger partial charge on any atom is -0.497 e. The predicted molar refractivity (Wildman–Crippen MR) is 74.6 cm³/mol. The van der Waals surface area contributed by atoms with Crippen LogP contribution >= 0.6 is 0 Å². The fourth-order valence-electron chi connectivity index (χ4n) is 1.59. The molecule has 1 aromatic carbocycles. The first kappa shape index (κ1) is 15.3. The molecule has 0 aliphatic rings. The second kappa shape index (κ2) is 9.22. The van der Waals surface area contributed by atoms with Crippen LogP contribution in [0.3, 0.4) is 0 Å². The normalized spacial score (nSPS) is 10.0.